The van der Waals surface area contributed by atoms with Gasteiger partial charge in [0.15, 0.2) is 6.61 Å². The van der Waals surface area contributed by atoms with Crippen molar-refractivity contribution in [2.45, 2.75) is 37.2 Å². The summed E-state index contributed by atoms with van der Waals surface area (Å²) in [6.45, 7) is 0.989. The molecule has 1 aliphatic rings. The van der Waals surface area contributed by atoms with E-state index >= 15 is 0 Å². The van der Waals surface area contributed by atoms with Crippen molar-refractivity contribution in [2.24, 2.45) is 0 Å². The number of hydrogen-bond acceptors (Lipinski definition) is 8. The third-order valence-corrected chi connectivity index (χ3v) is 7.68. The zero-order chi connectivity index (χ0) is 22.4. The van der Waals surface area contributed by atoms with E-state index in [9.17, 15) is 13.2 Å². The van der Waals surface area contributed by atoms with Crippen LogP contribution in [0.4, 0.5) is 0 Å². The smallest absolute Gasteiger partial charge is 0.331 e. The van der Waals surface area contributed by atoms with Crippen molar-refractivity contribution in [2.75, 3.05) is 13.1 Å². The number of ether oxygens (including phenoxy) is 1. The molecule has 0 aliphatic carbocycles. The SMILES string of the molecule is O=C(/C=C/c1ccc(S(=O)(=O)N2CCCCCC2)cc1)OCc1nc(-c2ccsc2)no1. The average molecular weight is 474 g/mol. The number of thiophene rings is 1. The Morgan fingerprint density at radius 2 is 1.88 bits per heavy atom. The highest BCUT2D eigenvalue weighted by atomic mass is 32.2. The van der Waals surface area contributed by atoms with Crippen LogP contribution in [-0.2, 0) is 26.2 Å². The summed E-state index contributed by atoms with van der Waals surface area (Å²) in [7, 11) is -3.49. The molecule has 0 bridgehead atoms. The Bertz CT molecular complexity index is 1160. The maximum atomic E-state index is 12.8. The van der Waals surface area contributed by atoms with Crippen LogP contribution in [0.5, 0.6) is 0 Å². The second kappa shape index (κ2) is 10.2. The first-order valence-electron chi connectivity index (χ1n) is 10.3. The second-order valence-electron chi connectivity index (χ2n) is 7.35. The van der Waals surface area contributed by atoms with Crippen LogP contribution in [0, 0.1) is 0 Å². The summed E-state index contributed by atoms with van der Waals surface area (Å²) < 4.78 is 37.4. The van der Waals surface area contributed by atoms with Gasteiger partial charge in [-0.05, 0) is 48.1 Å². The van der Waals surface area contributed by atoms with Crippen LogP contribution < -0.4 is 0 Å². The van der Waals surface area contributed by atoms with Gasteiger partial charge in [-0.2, -0.15) is 20.6 Å². The summed E-state index contributed by atoms with van der Waals surface area (Å²) in [5, 5.41) is 7.66. The minimum absolute atomic E-state index is 0.132. The second-order valence-corrected chi connectivity index (χ2v) is 10.1. The maximum absolute atomic E-state index is 12.8. The van der Waals surface area contributed by atoms with E-state index in [1.807, 2.05) is 16.8 Å². The van der Waals surface area contributed by atoms with Crippen LogP contribution in [0.25, 0.3) is 17.5 Å². The van der Waals surface area contributed by atoms with Crippen molar-refractivity contribution in [1.29, 1.82) is 0 Å². The molecule has 4 rings (SSSR count). The Labute approximate surface area is 190 Å². The van der Waals surface area contributed by atoms with E-state index in [2.05, 4.69) is 10.1 Å². The first-order chi connectivity index (χ1) is 15.5. The van der Waals surface area contributed by atoms with Crippen molar-refractivity contribution in [1.82, 2.24) is 14.4 Å². The lowest BCUT2D eigenvalue weighted by Crippen LogP contribution is -2.31. The Morgan fingerprint density at radius 3 is 2.56 bits per heavy atom. The molecule has 10 heteroatoms. The number of benzene rings is 1. The fourth-order valence-corrected chi connectivity index (χ4v) is 5.50. The van der Waals surface area contributed by atoms with Gasteiger partial charge in [0.1, 0.15) is 0 Å². The minimum Gasteiger partial charge on any atom is -0.452 e. The topological polar surface area (TPSA) is 103 Å². The molecule has 1 fully saturated rings. The molecule has 0 radical (unpaired) electrons. The van der Waals surface area contributed by atoms with Gasteiger partial charge < -0.3 is 9.26 Å². The van der Waals surface area contributed by atoms with E-state index in [0.29, 0.717) is 24.5 Å². The first-order valence-corrected chi connectivity index (χ1v) is 12.7. The highest BCUT2D eigenvalue weighted by Crippen LogP contribution is 2.21. The van der Waals surface area contributed by atoms with Crippen LogP contribution in [-0.4, -0.2) is 41.9 Å². The van der Waals surface area contributed by atoms with Crippen molar-refractivity contribution < 1.29 is 22.5 Å². The number of rotatable bonds is 7. The molecule has 32 heavy (non-hydrogen) atoms. The lowest BCUT2D eigenvalue weighted by Gasteiger charge is -2.19. The maximum Gasteiger partial charge on any atom is 0.331 e. The highest BCUT2D eigenvalue weighted by Gasteiger charge is 2.24. The van der Waals surface area contributed by atoms with Crippen LogP contribution in [0.3, 0.4) is 0 Å². The van der Waals surface area contributed by atoms with Crippen molar-refractivity contribution in [3.05, 3.63) is 58.6 Å². The van der Waals surface area contributed by atoms with Crippen molar-refractivity contribution in [3.63, 3.8) is 0 Å². The largest absolute Gasteiger partial charge is 0.452 e. The molecule has 3 heterocycles. The molecule has 1 saturated heterocycles. The number of sulfonamides is 1. The Balaban J connectivity index is 1.32. The molecule has 0 saturated carbocycles. The Morgan fingerprint density at radius 1 is 1.12 bits per heavy atom. The van der Waals surface area contributed by atoms with Gasteiger partial charge in [-0.15, -0.1) is 0 Å². The van der Waals surface area contributed by atoms with Gasteiger partial charge in [0, 0.05) is 30.1 Å². The molecule has 0 unspecified atom stereocenters. The molecule has 1 aromatic carbocycles. The molecule has 3 aromatic rings. The lowest BCUT2D eigenvalue weighted by atomic mass is 10.2. The molecule has 0 amide bonds. The van der Waals surface area contributed by atoms with Crippen LogP contribution >= 0.6 is 11.3 Å². The number of nitrogens with zero attached hydrogens (tertiary/aromatic N) is 3. The summed E-state index contributed by atoms with van der Waals surface area (Å²) in [6, 6.07) is 8.34. The van der Waals surface area contributed by atoms with Gasteiger partial charge in [-0.25, -0.2) is 13.2 Å². The van der Waals surface area contributed by atoms with E-state index in [-0.39, 0.29) is 17.4 Å². The van der Waals surface area contributed by atoms with Crippen LogP contribution in [0.15, 0.2) is 56.6 Å². The molecule has 1 aliphatic heterocycles. The molecule has 2 aromatic heterocycles. The van der Waals surface area contributed by atoms with E-state index in [0.717, 1.165) is 31.2 Å². The van der Waals surface area contributed by atoms with E-state index < -0.39 is 16.0 Å². The Hall–Kier alpha value is -2.82. The third kappa shape index (κ3) is 5.50. The summed E-state index contributed by atoms with van der Waals surface area (Å²) >= 11 is 1.52. The van der Waals surface area contributed by atoms with Gasteiger partial charge in [-0.3, -0.25) is 0 Å². The fraction of sp³-hybridized carbons (Fsp3) is 0.318. The summed E-state index contributed by atoms with van der Waals surface area (Å²) in [5.41, 5.74) is 1.53. The molecule has 0 atom stereocenters. The third-order valence-electron chi connectivity index (χ3n) is 5.08. The minimum atomic E-state index is -3.49. The summed E-state index contributed by atoms with van der Waals surface area (Å²) in [6.07, 6.45) is 6.74. The van der Waals surface area contributed by atoms with Gasteiger partial charge >= 0.3 is 5.97 Å². The van der Waals surface area contributed by atoms with Crippen molar-refractivity contribution >= 4 is 33.4 Å². The summed E-state index contributed by atoms with van der Waals surface area (Å²) in [4.78, 5) is 16.4. The van der Waals surface area contributed by atoms with Gasteiger partial charge in [-0.1, -0.05) is 30.1 Å². The first kappa shape index (κ1) is 22.4. The normalized spacial score (nSPS) is 15.6. The van der Waals surface area contributed by atoms with Gasteiger partial charge in [0.2, 0.25) is 15.8 Å². The molecule has 8 nitrogen and oxygen atoms in total. The standard InChI is InChI=1S/C22H23N3O5S2/c26-21(29-15-20-23-22(24-30-20)18-11-14-31-16-18)10-7-17-5-8-19(9-6-17)32(27,28)25-12-3-1-2-4-13-25/h5-11,14,16H,1-4,12-13,15H2/b10-7+. The van der Waals surface area contributed by atoms with E-state index in [1.165, 1.54) is 17.4 Å². The number of aromatic nitrogens is 2. The highest BCUT2D eigenvalue weighted by molar-refractivity contribution is 7.89. The number of hydrogen-bond donors (Lipinski definition) is 0. The van der Waals surface area contributed by atoms with Crippen molar-refractivity contribution in [3.8, 4) is 11.4 Å². The number of esters is 1. The lowest BCUT2D eigenvalue weighted by molar-refractivity contribution is -0.139. The predicted molar refractivity (Wildman–Crippen MR) is 120 cm³/mol. The zero-order valence-corrected chi connectivity index (χ0v) is 19.0. The molecular weight excluding hydrogens is 450 g/mol. The van der Waals surface area contributed by atoms with E-state index in [4.69, 9.17) is 9.26 Å². The molecule has 168 valence electrons. The monoisotopic (exact) mass is 473 g/mol. The average Bonchev–Trinajstić information content (AvgIpc) is 3.42. The van der Waals surface area contributed by atoms with E-state index in [1.54, 1.807) is 34.6 Å². The van der Waals surface area contributed by atoms with Gasteiger partial charge in [0.05, 0.1) is 4.90 Å². The van der Waals surface area contributed by atoms with Gasteiger partial charge in [0.25, 0.3) is 5.89 Å². The zero-order valence-electron chi connectivity index (χ0n) is 17.3. The Kier molecular flexibility index (Phi) is 7.13. The number of carbonyl (C=O) groups excluding carboxylic acids is 1. The van der Waals surface area contributed by atoms with Crippen LogP contribution in [0.1, 0.15) is 37.1 Å². The summed E-state index contributed by atoms with van der Waals surface area (Å²) in [5.74, 6) is 0.0839. The number of carbonyl (C=O) groups is 1. The predicted octanol–water partition coefficient (Wildman–Crippen LogP) is 4.12. The molecular formula is C22H23N3O5S2. The van der Waals surface area contributed by atoms with Crippen LogP contribution in [0.2, 0.25) is 0 Å². The molecule has 0 spiro atoms. The molecule has 0 N–H and O–H groups in total. The quantitative estimate of drug-likeness (QED) is 0.376. The fourth-order valence-electron chi connectivity index (χ4n) is 3.35.